The molecule has 0 saturated heterocycles. The lowest BCUT2D eigenvalue weighted by Gasteiger charge is -2.39. The van der Waals surface area contributed by atoms with Crippen molar-refractivity contribution < 1.29 is 4.79 Å². The van der Waals surface area contributed by atoms with Gasteiger partial charge in [-0.2, -0.15) is 0 Å². The molecule has 1 aromatic rings. The minimum absolute atomic E-state index is 0.138. The first kappa shape index (κ1) is 14.6. The van der Waals surface area contributed by atoms with E-state index in [-0.39, 0.29) is 5.91 Å². The quantitative estimate of drug-likeness (QED) is 0.920. The molecule has 0 spiro atoms. The summed E-state index contributed by atoms with van der Waals surface area (Å²) >= 11 is 0. The van der Waals surface area contributed by atoms with Gasteiger partial charge in [0.05, 0.1) is 12.1 Å². The number of rotatable bonds is 4. The first-order valence-corrected chi connectivity index (χ1v) is 8.06. The van der Waals surface area contributed by atoms with Gasteiger partial charge in [-0.1, -0.05) is 19.8 Å². The molecule has 5 heteroatoms. The normalized spacial score (nSPS) is 29.4. The summed E-state index contributed by atoms with van der Waals surface area (Å²) in [5.41, 5.74) is 5.85. The molecule has 0 bridgehead atoms. The van der Waals surface area contributed by atoms with Gasteiger partial charge in [0.15, 0.2) is 0 Å². The van der Waals surface area contributed by atoms with Crippen LogP contribution in [0.4, 0.5) is 0 Å². The highest BCUT2D eigenvalue weighted by molar-refractivity contribution is 5.86. The van der Waals surface area contributed by atoms with Crippen LogP contribution in [0.1, 0.15) is 51.3 Å². The van der Waals surface area contributed by atoms with E-state index in [1.165, 1.54) is 6.42 Å². The lowest BCUT2D eigenvalue weighted by molar-refractivity contribution is -0.140. The third-order valence-corrected chi connectivity index (χ3v) is 4.94. The second kappa shape index (κ2) is 5.44. The Morgan fingerprint density at radius 2 is 2.29 bits per heavy atom. The third-order valence-electron chi connectivity index (χ3n) is 4.94. The average molecular weight is 290 g/mol. The molecule has 2 fully saturated rings. The number of amides is 1. The molecule has 2 aliphatic rings. The number of aryl methyl sites for hydroxylation is 1. The highest BCUT2D eigenvalue weighted by Crippen LogP contribution is 2.36. The molecule has 3 rings (SSSR count). The monoisotopic (exact) mass is 290 g/mol. The summed E-state index contributed by atoms with van der Waals surface area (Å²) in [4.78, 5) is 19.4. The van der Waals surface area contributed by atoms with E-state index in [2.05, 4.69) is 11.9 Å². The lowest BCUT2D eigenvalue weighted by Crippen LogP contribution is -2.57. The number of hydrogen-bond donors (Lipinski definition) is 1. The van der Waals surface area contributed by atoms with Gasteiger partial charge in [-0.15, -0.1) is 0 Å². The van der Waals surface area contributed by atoms with Crippen molar-refractivity contribution in [2.24, 2.45) is 18.7 Å². The van der Waals surface area contributed by atoms with Gasteiger partial charge in [-0.25, -0.2) is 4.98 Å². The van der Waals surface area contributed by atoms with E-state index in [1.807, 2.05) is 22.7 Å². The van der Waals surface area contributed by atoms with E-state index in [1.54, 1.807) is 6.20 Å². The predicted molar refractivity (Wildman–Crippen MR) is 81.3 cm³/mol. The Morgan fingerprint density at radius 1 is 1.52 bits per heavy atom. The van der Waals surface area contributed by atoms with E-state index >= 15 is 0 Å². The van der Waals surface area contributed by atoms with E-state index in [4.69, 9.17) is 5.73 Å². The van der Waals surface area contributed by atoms with Crippen LogP contribution in [0.2, 0.25) is 0 Å². The van der Waals surface area contributed by atoms with Crippen molar-refractivity contribution in [3.8, 4) is 0 Å². The highest BCUT2D eigenvalue weighted by atomic mass is 16.2. The molecule has 1 amide bonds. The SMILES string of the molecule is CC1CCCC(N)(C(=O)N(Cc2nccn2C)C2CC2)C1. The van der Waals surface area contributed by atoms with Crippen LogP contribution in [0, 0.1) is 5.92 Å². The second-order valence-corrected chi connectivity index (χ2v) is 6.98. The molecule has 0 aromatic carbocycles. The summed E-state index contributed by atoms with van der Waals surface area (Å²) in [5, 5.41) is 0. The van der Waals surface area contributed by atoms with E-state index in [0.29, 0.717) is 18.5 Å². The smallest absolute Gasteiger partial charge is 0.243 e. The maximum Gasteiger partial charge on any atom is 0.243 e. The van der Waals surface area contributed by atoms with Crippen molar-refractivity contribution in [3.63, 3.8) is 0 Å². The van der Waals surface area contributed by atoms with Crippen molar-refractivity contribution in [1.82, 2.24) is 14.5 Å². The summed E-state index contributed by atoms with van der Waals surface area (Å²) in [6.45, 7) is 2.79. The van der Waals surface area contributed by atoms with E-state index in [0.717, 1.165) is 37.9 Å². The highest BCUT2D eigenvalue weighted by Gasteiger charge is 2.44. The van der Waals surface area contributed by atoms with Crippen LogP contribution in [-0.2, 0) is 18.4 Å². The molecular weight excluding hydrogens is 264 g/mol. The van der Waals surface area contributed by atoms with Gasteiger partial charge < -0.3 is 15.2 Å². The average Bonchev–Trinajstić information content (AvgIpc) is 3.19. The number of nitrogens with zero attached hydrogens (tertiary/aromatic N) is 3. The first-order valence-electron chi connectivity index (χ1n) is 8.06. The summed E-state index contributed by atoms with van der Waals surface area (Å²) < 4.78 is 1.98. The van der Waals surface area contributed by atoms with Crippen molar-refractivity contribution in [3.05, 3.63) is 18.2 Å². The van der Waals surface area contributed by atoms with Gasteiger partial charge in [-0.3, -0.25) is 4.79 Å². The molecule has 0 aliphatic heterocycles. The van der Waals surface area contributed by atoms with Gasteiger partial charge in [0.2, 0.25) is 5.91 Å². The van der Waals surface area contributed by atoms with Crippen molar-refractivity contribution in [1.29, 1.82) is 0 Å². The van der Waals surface area contributed by atoms with Crippen LogP contribution in [0.15, 0.2) is 12.4 Å². The Hall–Kier alpha value is -1.36. The topological polar surface area (TPSA) is 64.2 Å². The van der Waals surface area contributed by atoms with Crippen LogP contribution >= 0.6 is 0 Å². The second-order valence-electron chi connectivity index (χ2n) is 6.98. The number of hydrogen-bond acceptors (Lipinski definition) is 3. The molecule has 1 aromatic heterocycles. The molecule has 5 nitrogen and oxygen atoms in total. The minimum Gasteiger partial charge on any atom is -0.337 e. The number of imidazole rings is 1. The molecule has 21 heavy (non-hydrogen) atoms. The fourth-order valence-electron chi connectivity index (χ4n) is 3.53. The minimum atomic E-state index is -0.661. The Balaban J connectivity index is 1.77. The van der Waals surface area contributed by atoms with Gasteiger partial charge in [0.25, 0.3) is 0 Å². The summed E-state index contributed by atoms with van der Waals surface area (Å²) in [7, 11) is 1.97. The fourth-order valence-corrected chi connectivity index (χ4v) is 3.53. The zero-order valence-corrected chi connectivity index (χ0v) is 13.1. The Labute approximate surface area is 126 Å². The van der Waals surface area contributed by atoms with Crippen LogP contribution < -0.4 is 5.73 Å². The van der Waals surface area contributed by atoms with Crippen molar-refractivity contribution in [2.45, 2.75) is 63.6 Å². The standard InChI is InChI=1S/C16H26N4O/c1-12-4-3-7-16(17,10-12)15(21)20(13-5-6-13)11-14-18-8-9-19(14)2/h8-9,12-13H,3-7,10-11,17H2,1-2H3. The first-order chi connectivity index (χ1) is 9.99. The molecule has 1 heterocycles. The number of nitrogens with two attached hydrogens (primary N) is 1. The van der Waals surface area contributed by atoms with Gasteiger partial charge in [0.1, 0.15) is 5.82 Å². The Bertz CT molecular complexity index is 522. The molecule has 116 valence electrons. The summed E-state index contributed by atoms with van der Waals surface area (Å²) in [6, 6.07) is 0.367. The summed E-state index contributed by atoms with van der Waals surface area (Å²) in [5.74, 6) is 1.61. The van der Waals surface area contributed by atoms with Crippen LogP contribution in [0.5, 0.6) is 0 Å². The van der Waals surface area contributed by atoms with E-state index < -0.39 is 5.54 Å². The molecule has 2 N–H and O–H groups in total. The zero-order chi connectivity index (χ0) is 15.0. The largest absolute Gasteiger partial charge is 0.337 e. The number of carbonyl (C=O) groups excluding carboxylic acids is 1. The molecule has 2 aliphatic carbocycles. The molecule has 0 radical (unpaired) electrons. The van der Waals surface area contributed by atoms with Crippen molar-refractivity contribution in [2.75, 3.05) is 0 Å². The fraction of sp³-hybridized carbons (Fsp3) is 0.750. The molecule has 2 saturated carbocycles. The van der Waals surface area contributed by atoms with Gasteiger partial charge in [-0.05, 0) is 31.6 Å². The number of aromatic nitrogens is 2. The maximum absolute atomic E-state index is 13.0. The third kappa shape index (κ3) is 2.98. The number of carbonyl (C=O) groups is 1. The summed E-state index contributed by atoms with van der Waals surface area (Å²) in [6.07, 6.45) is 9.79. The van der Waals surface area contributed by atoms with Crippen molar-refractivity contribution >= 4 is 5.91 Å². The molecular formula is C16H26N4O. The van der Waals surface area contributed by atoms with E-state index in [9.17, 15) is 4.79 Å². The Morgan fingerprint density at radius 3 is 2.86 bits per heavy atom. The van der Waals surface area contributed by atoms with Gasteiger partial charge in [0, 0.05) is 25.5 Å². The predicted octanol–water partition coefficient (Wildman–Crippen LogP) is 1.82. The van der Waals surface area contributed by atoms with Crippen LogP contribution in [-0.4, -0.2) is 31.9 Å². The van der Waals surface area contributed by atoms with Crippen LogP contribution in [0.3, 0.4) is 0 Å². The Kier molecular flexibility index (Phi) is 3.78. The zero-order valence-electron chi connectivity index (χ0n) is 13.1. The van der Waals surface area contributed by atoms with Gasteiger partial charge >= 0.3 is 0 Å². The van der Waals surface area contributed by atoms with Crippen LogP contribution in [0.25, 0.3) is 0 Å². The molecule has 2 atom stereocenters. The maximum atomic E-state index is 13.0. The lowest BCUT2D eigenvalue weighted by atomic mass is 9.76. The molecule has 2 unspecified atom stereocenters.